The number of carbonyl (C=O) groups is 3. The molecule has 2 rings (SSSR count). The lowest BCUT2D eigenvalue weighted by atomic mass is 9.99. The first-order chi connectivity index (χ1) is 13.8. The predicted molar refractivity (Wildman–Crippen MR) is 99.0 cm³/mol. The number of halogens is 1. The van der Waals surface area contributed by atoms with Crippen molar-refractivity contribution < 1.29 is 29.2 Å². The maximum absolute atomic E-state index is 13.1. The lowest BCUT2D eigenvalue weighted by molar-refractivity contribution is -0.157. The minimum Gasteiger partial charge on any atom is -0.427 e. The van der Waals surface area contributed by atoms with E-state index in [1.54, 1.807) is 0 Å². The van der Waals surface area contributed by atoms with Gasteiger partial charge in [0.2, 0.25) is 12.3 Å². The summed E-state index contributed by atoms with van der Waals surface area (Å²) in [4.78, 5) is 41.9. The van der Waals surface area contributed by atoms with Crippen molar-refractivity contribution in [1.29, 1.82) is 0 Å². The monoisotopic (exact) mass is 410 g/mol. The van der Waals surface area contributed by atoms with Gasteiger partial charge >= 0.3 is 0 Å². The number of pyridine rings is 1. The fraction of sp³-hybridized carbons (Fsp3) is 0.579. The Morgan fingerprint density at radius 2 is 2.17 bits per heavy atom. The van der Waals surface area contributed by atoms with Crippen LogP contribution in [-0.4, -0.2) is 62.5 Å². The zero-order chi connectivity index (χ0) is 21.6. The molecule has 0 aromatic carbocycles. The van der Waals surface area contributed by atoms with E-state index in [1.165, 1.54) is 4.90 Å². The van der Waals surface area contributed by atoms with Crippen LogP contribution in [0.5, 0.6) is 0 Å². The van der Waals surface area contributed by atoms with Gasteiger partial charge in [-0.1, -0.05) is 26.7 Å². The second-order valence-electron chi connectivity index (χ2n) is 7.41. The van der Waals surface area contributed by atoms with Crippen LogP contribution in [-0.2, 0) is 14.4 Å². The molecular weight excluding hydrogens is 383 g/mol. The van der Waals surface area contributed by atoms with E-state index in [-0.39, 0.29) is 30.3 Å². The third-order valence-corrected chi connectivity index (χ3v) is 4.96. The standard InChI is InChI=1S/C19H27FN4O5/c1-3-4-5-14(10-22(28)12-25)19(27)23-9-13(2)8-16(23)18(26)21-17-7-6-15(20)11-24(17)29/h6-7,11-14,16,28-29H,3-5,8-10H2,1-2H3/t13-,14+,16-/m0/s1. The van der Waals surface area contributed by atoms with Crippen molar-refractivity contribution in [1.82, 2.24) is 14.7 Å². The van der Waals surface area contributed by atoms with Gasteiger partial charge in [-0.05, 0) is 30.9 Å². The number of amides is 3. The van der Waals surface area contributed by atoms with E-state index in [2.05, 4.69) is 4.99 Å². The Morgan fingerprint density at radius 1 is 1.45 bits per heavy atom. The number of hydrogen-bond donors (Lipinski definition) is 2. The van der Waals surface area contributed by atoms with Crippen molar-refractivity contribution in [3.63, 3.8) is 0 Å². The molecule has 1 aliphatic heterocycles. The smallest absolute Gasteiger partial charge is 0.270 e. The normalized spacial score (nSPS) is 20.6. The Bertz CT molecular complexity index is 812. The van der Waals surface area contributed by atoms with Gasteiger partial charge in [-0.2, -0.15) is 9.72 Å². The van der Waals surface area contributed by atoms with Gasteiger partial charge in [0.25, 0.3) is 5.91 Å². The minimum atomic E-state index is -0.824. The molecular formula is C19H27FN4O5. The number of unbranched alkanes of at least 4 members (excludes halogenated alkanes) is 1. The Balaban J connectivity index is 2.25. The Morgan fingerprint density at radius 3 is 2.79 bits per heavy atom. The molecule has 1 fully saturated rings. The van der Waals surface area contributed by atoms with Crippen LogP contribution in [0.4, 0.5) is 4.39 Å². The molecule has 1 aliphatic rings. The largest absolute Gasteiger partial charge is 0.427 e. The molecule has 1 aromatic heterocycles. The van der Waals surface area contributed by atoms with Crippen molar-refractivity contribution >= 4 is 18.2 Å². The topological polar surface area (TPSA) is 115 Å². The van der Waals surface area contributed by atoms with Gasteiger partial charge in [0.1, 0.15) is 11.9 Å². The number of carbonyl (C=O) groups excluding carboxylic acids is 3. The number of hydroxylamine groups is 2. The molecule has 2 heterocycles. The highest BCUT2D eigenvalue weighted by atomic mass is 19.1. The number of aromatic nitrogens is 1. The van der Waals surface area contributed by atoms with Crippen LogP contribution in [0.15, 0.2) is 23.3 Å². The third kappa shape index (κ3) is 5.86. The van der Waals surface area contributed by atoms with Gasteiger partial charge in [-0.25, -0.2) is 9.45 Å². The summed E-state index contributed by atoms with van der Waals surface area (Å²) >= 11 is 0. The van der Waals surface area contributed by atoms with Crippen molar-refractivity contribution in [2.24, 2.45) is 16.8 Å². The van der Waals surface area contributed by atoms with E-state index in [4.69, 9.17) is 0 Å². The summed E-state index contributed by atoms with van der Waals surface area (Å²) in [6.45, 7) is 4.07. The molecule has 1 aromatic rings. The molecule has 3 amide bonds. The molecule has 0 unspecified atom stereocenters. The zero-order valence-corrected chi connectivity index (χ0v) is 16.6. The van der Waals surface area contributed by atoms with Crippen molar-refractivity contribution in [3.8, 4) is 0 Å². The van der Waals surface area contributed by atoms with Gasteiger partial charge < -0.3 is 10.1 Å². The Hall–Kier alpha value is -2.75. The SMILES string of the molecule is CCCC[C@H](CN(O)C=O)C(=O)N1C[C@@H](C)C[C@H]1C(=O)N=c1ccc(F)cn1O. The second-order valence-corrected chi connectivity index (χ2v) is 7.41. The van der Waals surface area contributed by atoms with Crippen molar-refractivity contribution in [3.05, 3.63) is 29.6 Å². The molecule has 29 heavy (non-hydrogen) atoms. The molecule has 0 saturated carbocycles. The van der Waals surface area contributed by atoms with Gasteiger partial charge in [-0.15, -0.1) is 0 Å². The van der Waals surface area contributed by atoms with Crippen LogP contribution in [0.25, 0.3) is 0 Å². The van der Waals surface area contributed by atoms with Crippen LogP contribution in [0, 0.1) is 17.7 Å². The van der Waals surface area contributed by atoms with Gasteiger partial charge in [0.15, 0.2) is 5.49 Å². The highest BCUT2D eigenvalue weighted by Crippen LogP contribution is 2.27. The zero-order valence-electron chi connectivity index (χ0n) is 16.6. The van der Waals surface area contributed by atoms with E-state index in [0.717, 1.165) is 31.2 Å². The Kier molecular flexibility index (Phi) is 7.89. The first kappa shape index (κ1) is 22.5. The fourth-order valence-corrected chi connectivity index (χ4v) is 3.50. The average Bonchev–Trinajstić information content (AvgIpc) is 3.08. The van der Waals surface area contributed by atoms with Crippen LogP contribution in [0.1, 0.15) is 39.5 Å². The van der Waals surface area contributed by atoms with E-state index >= 15 is 0 Å². The summed E-state index contributed by atoms with van der Waals surface area (Å²) < 4.78 is 13.5. The lowest BCUT2D eigenvalue weighted by Crippen LogP contribution is -2.46. The molecule has 2 N–H and O–H groups in total. The first-order valence-electron chi connectivity index (χ1n) is 9.64. The van der Waals surface area contributed by atoms with Crippen LogP contribution >= 0.6 is 0 Å². The van der Waals surface area contributed by atoms with Crippen LogP contribution < -0.4 is 5.49 Å². The number of nitrogens with zero attached hydrogens (tertiary/aromatic N) is 4. The van der Waals surface area contributed by atoms with Crippen molar-refractivity contribution in [2.45, 2.75) is 45.6 Å². The minimum absolute atomic E-state index is 0.0562. The second kappa shape index (κ2) is 10.1. The van der Waals surface area contributed by atoms with Gasteiger partial charge in [0, 0.05) is 6.54 Å². The van der Waals surface area contributed by atoms with Crippen LogP contribution in [0.3, 0.4) is 0 Å². The van der Waals surface area contributed by atoms with Crippen LogP contribution in [0.2, 0.25) is 0 Å². The molecule has 0 bridgehead atoms. The summed E-state index contributed by atoms with van der Waals surface area (Å²) in [5.41, 5.74) is -0.145. The predicted octanol–water partition coefficient (Wildman–Crippen LogP) is 1.18. The van der Waals surface area contributed by atoms with Gasteiger partial charge in [-0.3, -0.25) is 19.6 Å². The molecule has 1 saturated heterocycles. The van der Waals surface area contributed by atoms with Crippen molar-refractivity contribution in [2.75, 3.05) is 13.1 Å². The Labute approximate surface area is 168 Å². The summed E-state index contributed by atoms with van der Waals surface area (Å²) in [6.07, 6.45) is 3.46. The van der Waals surface area contributed by atoms with E-state index < -0.39 is 23.7 Å². The van der Waals surface area contributed by atoms with E-state index in [1.807, 2.05) is 13.8 Å². The number of rotatable bonds is 8. The fourth-order valence-electron chi connectivity index (χ4n) is 3.50. The molecule has 3 atom stereocenters. The highest BCUT2D eigenvalue weighted by Gasteiger charge is 2.40. The average molecular weight is 410 g/mol. The molecule has 0 radical (unpaired) electrons. The molecule has 0 spiro atoms. The van der Waals surface area contributed by atoms with E-state index in [0.29, 0.717) is 29.2 Å². The maximum atomic E-state index is 13.1. The highest BCUT2D eigenvalue weighted by molar-refractivity contribution is 5.89. The summed E-state index contributed by atoms with van der Waals surface area (Å²) in [5.74, 6) is -2.22. The molecule has 10 heteroatoms. The summed E-state index contributed by atoms with van der Waals surface area (Å²) in [5, 5.41) is 19.7. The number of hydrogen-bond acceptors (Lipinski definition) is 5. The summed E-state index contributed by atoms with van der Waals surface area (Å²) in [6, 6.07) is 1.40. The maximum Gasteiger partial charge on any atom is 0.270 e. The number of likely N-dealkylation sites (tertiary alicyclic amines) is 1. The molecule has 160 valence electrons. The van der Waals surface area contributed by atoms with E-state index in [9.17, 15) is 29.2 Å². The summed E-state index contributed by atoms with van der Waals surface area (Å²) in [7, 11) is 0. The first-order valence-corrected chi connectivity index (χ1v) is 9.64. The van der Waals surface area contributed by atoms with Gasteiger partial charge in [0.05, 0.1) is 18.7 Å². The quantitative estimate of drug-likeness (QED) is 0.289. The molecule has 9 nitrogen and oxygen atoms in total. The third-order valence-electron chi connectivity index (χ3n) is 4.96. The lowest BCUT2D eigenvalue weighted by Gasteiger charge is -2.28. The molecule has 0 aliphatic carbocycles.